The van der Waals surface area contributed by atoms with Crippen LogP contribution in [-0.4, -0.2) is 59.0 Å². The third-order valence-corrected chi connectivity index (χ3v) is 3.41. The molecule has 1 aliphatic rings. The molecule has 0 unspecified atom stereocenters. The summed E-state index contributed by atoms with van der Waals surface area (Å²) in [6, 6.07) is 0. The van der Waals surface area contributed by atoms with E-state index in [1.807, 2.05) is 0 Å². The maximum Gasteiger partial charge on any atom is 0.242 e. The molecule has 1 aliphatic heterocycles. The largest absolute Gasteiger partial charge is 0.492 e. The van der Waals surface area contributed by atoms with Crippen LogP contribution in [0.5, 0.6) is 5.88 Å². The third kappa shape index (κ3) is 1.84. The average molecular weight is 287 g/mol. The van der Waals surface area contributed by atoms with Crippen molar-refractivity contribution < 1.29 is 20.1 Å². The highest BCUT2D eigenvalue weighted by atomic mass is 35.5. The predicted molar refractivity (Wildman–Crippen MR) is 63.6 cm³/mol. The standard InChI is InChI=1S/C10H11ClN4O4/c11-1-4-6(16)7(17)10(19-4)15-3-14-5-8(15)12-2-13-9(5)18/h2-4,6-7,10,16-17H,1H2,(H,12,13,18)/t4-,6-,7-,10-/m1/s1. The molecule has 0 aromatic carbocycles. The third-order valence-electron chi connectivity index (χ3n) is 3.10. The van der Waals surface area contributed by atoms with E-state index in [2.05, 4.69) is 15.0 Å². The van der Waals surface area contributed by atoms with Crippen molar-refractivity contribution >= 4 is 22.8 Å². The Balaban J connectivity index is 2.04. The van der Waals surface area contributed by atoms with Crippen LogP contribution in [0.1, 0.15) is 6.23 Å². The van der Waals surface area contributed by atoms with E-state index in [0.717, 1.165) is 0 Å². The van der Waals surface area contributed by atoms with Gasteiger partial charge in [-0.05, 0) is 0 Å². The van der Waals surface area contributed by atoms with Crippen LogP contribution in [0.3, 0.4) is 0 Å². The van der Waals surface area contributed by atoms with E-state index in [0.29, 0.717) is 5.65 Å². The van der Waals surface area contributed by atoms with Crippen LogP contribution in [0, 0.1) is 0 Å². The highest BCUT2D eigenvalue weighted by molar-refractivity contribution is 6.18. The molecule has 19 heavy (non-hydrogen) atoms. The molecule has 0 spiro atoms. The van der Waals surface area contributed by atoms with Gasteiger partial charge in [-0.15, -0.1) is 11.6 Å². The highest BCUT2D eigenvalue weighted by Gasteiger charge is 2.43. The number of nitrogens with zero attached hydrogens (tertiary/aromatic N) is 4. The van der Waals surface area contributed by atoms with E-state index < -0.39 is 24.5 Å². The van der Waals surface area contributed by atoms with Crippen molar-refractivity contribution in [2.75, 3.05) is 5.88 Å². The Bertz CT molecular complexity index is 606. The minimum atomic E-state index is -1.15. The number of aliphatic hydroxyl groups is 2. The van der Waals surface area contributed by atoms with Crippen LogP contribution < -0.4 is 0 Å². The molecule has 2 aromatic heterocycles. The second kappa shape index (κ2) is 4.57. The summed E-state index contributed by atoms with van der Waals surface area (Å²) in [7, 11) is 0. The number of hydrogen-bond donors (Lipinski definition) is 3. The minimum absolute atomic E-state index is 0.0571. The van der Waals surface area contributed by atoms with Gasteiger partial charge in [0.05, 0.1) is 12.2 Å². The molecule has 0 saturated carbocycles. The molecule has 1 fully saturated rings. The van der Waals surface area contributed by atoms with Gasteiger partial charge in [-0.2, -0.15) is 4.98 Å². The van der Waals surface area contributed by atoms with Gasteiger partial charge in [-0.1, -0.05) is 0 Å². The molecule has 3 heterocycles. The second-order valence-electron chi connectivity index (χ2n) is 4.22. The smallest absolute Gasteiger partial charge is 0.242 e. The van der Waals surface area contributed by atoms with Gasteiger partial charge in [0.15, 0.2) is 17.4 Å². The van der Waals surface area contributed by atoms with Crippen molar-refractivity contribution in [2.45, 2.75) is 24.5 Å². The minimum Gasteiger partial charge on any atom is -0.492 e. The Morgan fingerprint density at radius 3 is 2.74 bits per heavy atom. The van der Waals surface area contributed by atoms with E-state index in [4.69, 9.17) is 16.3 Å². The van der Waals surface area contributed by atoms with Crippen molar-refractivity contribution in [1.82, 2.24) is 19.5 Å². The van der Waals surface area contributed by atoms with Crippen molar-refractivity contribution in [3.63, 3.8) is 0 Å². The maximum atomic E-state index is 9.97. The number of halogens is 1. The van der Waals surface area contributed by atoms with Crippen molar-refractivity contribution in [3.05, 3.63) is 12.7 Å². The first-order valence-electron chi connectivity index (χ1n) is 5.57. The molecule has 1 saturated heterocycles. The molecule has 3 rings (SSSR count). The molecule has 0 aliphatic carbocycles. The first-order valence-corrected chi connectivity index (χ1v) is 6.11. The van der Waals surface area contributed by atoms with Gasteiger partial charge >= 0.3 is 0 Å². The highest BCUT2D eigenvalue weighted by Crippen LogP contribution is 2.32. The summed E-state index contributed by atoms with van der Waals surface area (Å²) in [4.78, 5) is 11.5. The van der Waals surface area contributed by atoms with Gasteiger partial charge < -0.3 is 20.1 Å². The van der Waals surface area contributed by atoms with Gasteiger partial charge in [0, 0.05) is 0 Å². The summed E-state index contributed by atoms with van der Waals surface area (Å²) in [6.07, 6.45) is -1.25. The molecular formula is C10H11ClN4O4. The number of fused-ring (bicyclic) bond motifs is 1. The van der Waals surface area contributed by atoms with Crippen molar-refractivity contribution in [3.8, 4) is 5.88 Å². The fourth-order valence-corrected chi connectivity index (χ4v) is 2.37. The number of aliphatic hydroxyl groups excluding tert-OH is 2. The molecule has 0 radical (unpaired) electrons. The zero-order chi connectivity index (χ0) is 13.6. The monoisotopic (exact) mass is 286 g/mol. The maximum absolute atomic E-state index is 9.97. The lowest BCUT2D eigenvalue weighted by Gasteiger charge is -2.16. The first kappa shape index (κ1) is 12.5. The lowest BCUT2D eigenvalue weighted by molar-refractivity contribution is -0.0291. The van der Waals surface area contributed by atoms with Crippen LogP contribution in [0.15, 0.2) is 12.7 Å². The van der Waals surface area contributed by atoms with E-state index in [9.17, 15) is 15.3 Å². The SMILES string of the molecule is Oc1ncnc2c1ncn2[C@@H]1O[C@H](CCl)[C@@H](O)[C@H]1O. The summed E-state index contributed by atoms with van der Waals surface area (Å²) in [6.45, 7) is 0. The molecule has 9 heteroatoms. The second-order valence-corrected chi connectivity index (χ2v) is 4.53. The Morgan fingerprint density at radius 1 is 1.26 bits per heavy atom. The molecule has 2 aromatic rings. The lowest BCUT2D eigenvalue weighted by atomic mass is 10.1. The van der Waals surface area contributed by atoms with Gasteiger partial charge in [-0.25, -0.2) is 9.97 Å². The summed E-state index contributed by atoms with van der Waals surface area (Å²) in [5.74, 6) is -0.201. The Labute approximate surface area is 112 Å². The molecule has 0 bridgehead atoms. The summed E-state index contributed by atoms with van der Waals surface area (Å²) < 4.78 is 6.90. The molecule has 8 nitrogen and oxygen atoms in total. The molecule has 4 atom stereocenters. The summed E-state index contributed by atoms with van der Waals surface area (Å²) in [5.41, 5.74) is 0.501. The average Bonchev–Trinajstić information content (AvgIpc) is 2.94. The van der Waals surface area contributed by atoms with Crippen LogP contribution in [0.4, 0.5) is 0 Å². The van der Waals surface area contributed by atoms with E-state index in [-0.39, 0.29) is 17.3 Å². The van der Waals surface area contributed by atoms with Gasteiger partial charge in [-0.3, -0.25) is 4.57 Å². The number of alkyl halides is 1. The van der Waals surface area contributed by atoms with Gasteiger partial charge in [0.1, 0.15) is 24.6 Å². The Morgan fingerprint density at radius 2 is 2.05 bits per heavy atom. The number of hydrogen-bond acceptors (Lipinski definition) is 7. The lowest BCUT2D eigenvalue weighted by Crippen LogP contribution is -2.32. The first-order chi connectivity index (χ1) is 9.13. The van der Waals surface area contributed by atoms with E-state index in [1.54, 1.807) is 0 Å². The summed E-state index contributed by atoms with van der Waals surface area (Å²) >= 11 is 5.65. The zero-order valence-electron chi connectivity index (χ0n) is 9.59. The normalized spacial score (nSPS) is 31.1. The Kier molecular flexibility index (Phi) is 3.02. The fourth-order valence-electron chi connectivity index (χ4n) is 2.11. The number of aromatic nitrogens is 4. The number of aromatic hydroxyl groups is 1. The van der Waals surface area contributed by atoms with Gasteiger partial charge in [0.25, 0.3) is 0 Å². The summed E-state index contributed by atoms with van der Waals surface area (Å²) in [5, 5.41) is 29.3. The number of ether oxygens (including phenoxy) is 1. The number of rotatable bonds is 2. The fraction of sp³-hybridized carbons (Fsp3) is 0.500. The van der Waals surface area contributed by atoms with E-state index >= 15 is 0 Å². The van der Waals surface area contributed by atoms with Gasteiger partial charge in [0.2, 0.25) is 5.88 Å². The van der Waals surface area contributed by atoms with Crippen LogP contribution >= 0.6 is 11.6 Å². The van der Waals surface area contributed by atoms with Crippen LogP contribution in [0.25, 0.3) is 11.2 Å². The number of imidazole rings is 1. The molecule has 3 N–H and O–H groups in total. The van der Waals surface area contributed by atoms with E-state index in [1.165, 1.54) is 17.2 Å². The Hall–Kier alpha value is -1.48. The molecule has 102 valence electrons. The topological polar surface area (TPSA) is 114 Å². The predicted octanol–water partition coefficient (Wildman–Crippen LogP) is -0.610. The van der Waals surface area contributed by atoms with Crippen LogP contribution in [0.2, 0.25) is 0 Å². The zero-order valence-corrected chi connectivity index (χ0v) is 10.3. The van der Waals surface area contributed by atoms with Crippen LogP contribution in [-0.2, 0) is 4.74 Å². The quantitative estimate of drug-likeness (QED) is 0.631. The molecular weight excluding hydrogens is 276 g/mol. The van der Waals surface area contributed by atoms with Crippen molar-refractivity contribution in [1.29, 1.82) is 0 Å². The van der Waals surface area contributed by atoms with Crippen molar-refractivity contribution in [2.24, 2.45) is 0 Å². The molecule has 0 amide bonds.